The van der Waals surface area contributed by atoms with Crippen LogP contribution in [-0.4, -0.2) is 58.3 Å². The molecule has 1 fully saturated rings. The monoisotopic (exact) mass is 492 g/mol. The van der Waals surface area contributed by atoms with E-state index in [4.69, 9.17) is 0 Å². The van der Waals surface area contributed by atoms with E-state index in [1.807, 2.05) is 50.8 Å². The van der Waals surface area contributed by atoms with Crippen molar-refractivity contribution >= 4 is 22.5 Å². The third kappa shape index (κ3) is 4.91. The van der Waals surface area contributed by atoms with Crippen LogP contribution in [0, 0.1) is 20.8 Å². The molecule has 4 rings (SSSR count). The summed E-state index contributed by atoms with van der Waals surface area (Å²) in [5.41, 5.74) is 5.74. The molecule has 2 N–H and O–H groups in total. The predicted octanol–water partition coefficient (Wildman–Crippen LogP) is 3.82. The van der Waals surface area contributed by atoms with Crippen molar-refractivity contribution in [3.63, 3.8) is 0 Å². The minimum atomic E-state index is -0.177. The number of aryl methyl sites for hydroxylation is 3. The van der Waals surface area contributed by atoms with E-state index >= 15 is 0 Å². The number of nitrogens with zero attached hydrogens (tertiary/aromatic N) is 4. The zero-order chi connectivity index (χ0) is 26.1. The average Bonchev–Trinajstić information content (AvgIpc) is 3.20. The van der Waals surface area contributed by atoms with Crippen molar-refractivity contribution in [2.45, 2.75) is 72.0 Å². The van der Waals surface area contributed by atoms with E-state index in [0.29, 0.717) is 23.2 Å². The number of anilines is 1. The first kappa shape index (κ1) is 25.9. The van der Waals surface area contributed by atoms with E-state index in [1.165, 1.54) is 12.8 Å². The van der Waals surface area contributed by atoms with Crippen LogP contribution >= 0.6 is 0 Å². The lowest BCUT2D eigenvalue weighted by Gasteiger charge is -2.40. The fourth-order valence-electron chi connectivity index (χ4n) is 5.83. The molecular formula is C28H40N6O2. The van der Waals surface area contributed by atoms with Crippen LogP contribution in [0.15, 0.2) is 23.1 Å². The van der Waals surface area contributed by atoms with Gasteiger partial charge in [0.15, 0.2) is 0 Å². The number of carbonyl (C=O) groups excluding carboxylic acids is 1. The summed E-state index contributed by atoms with van der Waals surface area (Å²) in [7, 11) is 6.25. The van der Waals surface area contributed by atoms with Gasteiger partial charge in [0.1, 0.15) is 0 Å². The van der Waals surface area contributed by atoms with Gasteiger partial charge in [0, 0.05) is 54.4 Å². The number of H-pyrrole nitrogens is 1. The number of aromatic nitrogens is 3. The Morgan fingerprint density at radius 2 is 1.81 bits per heavy atom. The van der Waals surface area contributed by atoms with Gasteiger partial charge in [0.2, 0.25) is 0 Å². The molecule has 1 aromatic carbocycles. The summed E-state index contributed by atoms with van der Waals surface area (Å²) < 4.78 is 1.83. The summed E-state index contributed by atoms with van der Waals surface area (Å²) in [6.45, 7) is 9.04. The Labute approximate surface area is 213 Å². The molecule has 0 saturated heterocycles. The molecule has 1 amide bonds. The lowest BCUT2D eigenvalue weighted by Crippen LogP contribution is -2.42. The minimum absolute atomic E-state index is 0.155. The Kier molecular flexibility index (Phi) is 7.54. The van der Waals surface area contributed by atoms with E-state index in [-0.39, 0.29) is 18.0 Å². The average molecular weight is 493 g/mol. The number of rotatable bonds is 7. The summed E-state index contributed by atoms with van der Waals surface area (Å²) in [6.07, 6.45) is 6.53. The molecule has 0 atom stereocenters. The highest BCUT2D eigenvalue weighted by Gasteiger charge is 2.29. The van der Waals surface area contributed by atoms with Gasteiger partial charge in [-0.05, 0) is 90.7 Å². The van der Waals surface area contributed by atoms with Gasteiger partial charge in [-0.25, -0.2) is 0 Å². The van der Waals surface area contributed by atoms with E-state index in [1.54, 1.807) is 0 Å². The van der Waals surface area contributed by atoms with Crippen molar-refractivity contribution in [3.05, 3.63) is 56.6 Å². The van der Waals surface area contributed by atoms with Crippen molar-refractivity contribution in [1.82, 2.24) is 25.0 Å². The zero-order valence-corrected chi connectivity index (χ0v) is 22.7. The molecule has 0 bridgehead atoms. The van der Waals surface area contributed by atoms with Crippen LogP contribution in [0.25, 0.3) is 10.9 Å². The van der Waals surface area contributed by atoms with Crippen LogP contribution in [0.4, 0.5) is 5.69 Å². The van der Waals surface area contributed by atoms with Crippen molar-refractivity contribution in [3.8, 4) is 0 Å². The van der Waals surface area contributed by atoms with Gasteiger partial charge in [-0.2, -0.15) is 5.10 Å². The van der Waals surface area contributed by atoms with E-state index in [0.717, 1.165) is 52.8 Å². The van der Waals surface area contributed by atoms with Crippen molar-refractivity contribution < 1.29 is 4.79 Å². The summed E-state index contributed by atoms with van der Waals surface area (Å²) in [4.78, 5) is 33.6. The highest BCUT2D eigenvalue weighted by Crippen LogP contribution is 2.37. The van der Waals surface area contributed by atoms with Gasteiger partial charge in [0.25, 0.3) is 11.5 Å². The van der Waals surface area contributed by atoms with E-state index < -0.39 is 0 Å². The van der Waals surface area contributed by atoms with Crippen LogP contribution in [-0.2, 0) is 13.6 Å². The normalized spacial score (nSPS) is 18.1. The standard InChI is InChI=1S/C28H40N6O2/c1-8-34(21-11-9-20(10-12-21)32(5)6)26-19(4)22(14-25-24(26)16-30-33(25)7)27(35)29-15-23-17(2)13-18(3)31-28(23)36/h13-14,16,20-21H,8-12,15H2,1-7H3,(H,29,35)(H,31,36)/t20-,21-. The number of pyridine rings is 1. The molecule has 0 radical (unpaired) electrons. The van der Waals surface area contributed by atoms with Gasteiger partial charge in [-0.15, -0.1) is 0 Å². The molecule has 2 heterocycles. The largest absolute Gasteiger partial charge is 0.368 e. The smallest absolute Gasteiger partial charge is 0.253 e. The maximum absolute atomic E-state index is 13.5. The molecule has 0 spiro atoms. The molecule has 0 aliphatic heterocycles. The molecule has 0 unspecified atom stereocenters. The number of amides is 1. The SMILES string of the molecule is CCN(c1c(C)c(C(=O)NCc2c(C)cc(C)[nH]c2=O)cc2c1cnn2C)[C@H]1CC[C@H](N(C)C)CC1. The summed E-state index contributed by atoms with van der Waals surface area (Å²) in [5.74, 6) is -0.177. The van der Waals surface area contributed by atoms with Crippen LogP contribution in [0.2, 0.25) is 0 Å². The Morgan fingerprint density at radius 1 is 1.14 bits per heavy atom. The van der Waals surface area contributed by atoms with Crippen LogP contribution < -0.4 is 15.8 Å². The van der Waals surface area contributed by atoms with E-state index in [9.17, 15) is 9.59 Å². The topological polar surface area (TPSA) is 86.3 Å². The number of fused-ring (bicyclic) bond motifs is 1. The second-order valence-corrected chi connectivity index (χ2v) is 10.4. The Bertz CT molecular complexity index is 1310. The Morgan fingerprint density at radius 3 is 2.42 bits per heavy atom. The maximum Gasteiger partial charge on any atom is 0.253 e. The number of hydrogen-bond acceptors (Lipinski definition) is 5. The van der Waals surface area contributed by atoms with Gasteiger partial charge in [-0.1, -0.05) is 0 Å². The van der Waals surface area contributed by atoms with Gasteiger partial charge >= 0.3 is 0 Å². The molecule has 36 heavy (non-hydrogen) atoms. The molecular weight excluding hydrogens is 452 g/mol. The predicted molar refractivity (Wildman–Crippen MR) is 146 cm³/mol. The highest BCUT2D eigenvalue weighted by atomic mass is 16.1. The number of hydrogen-bond donors (Lipinski definition) is 2. The molecule has 8 heteroatoms. The number of benzene rings is 1. The third-order valence-corrected chi connectivity index (χ3v) is 7.91. The summed E-state index contributed by atoms with van der Waals surface area (Å²) >= 11 is 0. The quantitative estimate of drug-likeness (QED) is 0.524. The molecule has 1 aliphatic carbocycles. The molecule has 1 aliphatic rings. The second-order valence-electron chi connectivity index (χ2n) is 10.4. The van der Waals surface area contributed by atoms with Gasteiger partial charge < -0.3 is 20.1 Å². The maximum atomic E-state index is 13.5. The van der Waals surface area contributed by atoms with Crippen LogP contribution in [0.5, 0.6) is 0 Å². The van der Waals surface area contributed by atoms with Crippen molar-refractivity contribution in [1.29, 1.82) is 0 Å². The van der Waals surface area contributed by atoms with Crippen molar-refractivity contribution in [2.75, 3.05) is 25.5 Å². The molecule has 2 aromatic heterocycles. The van der Waals surface area contributed by atoms with Gasteiger partial charge in [-0.3, -0.25) is 14.3 Å². The van der Waals surface area contributed by atoms with Gasteiger partial charge in [0.05, 0.1) is 17.4 Å². The lowest BCUT2D eigenvalue weighted by atomic mass is 9.88. The van der Waals surface area contributed by atoms with Crippen molar-refractivity contribution in [2.24, 2.45) is 7.05 Å². The summed E-state index contributed by atoms with van der Waals surface area (Å²) in [5, 5.41) is 8.61. The number of nitrogens with one attached hydrogen (secondary N) is 2. The first-order valence-electron chi connectivity index (χ1n) is 13.0. The Hall–Kier alpha value is -3.13. The lowest BCUT2D eigenvalue weighted by molar-refractivity contribution is 0.0950. The number of carbonyl (C=O) groups is 1. The zero-order valence-electron chi connectivity index (χ0n) is 22.7. The first-order valence-corrected chi connectivity index (χ1v) is 13.0. The summed E-state index contributed by atoms with van der Waals surface area (Å²) in [6, 6.07) is 4.92. The molecule has 3 aromatic rings. The first-order chi connectivity index (χ1) is 17.1. The second kappa shape index (κ2) is 10.5. The third-order valence-electron chi connectivity index (χ3n) is 7.91. The van der Waals surface area contributed by atoms with E-state index in [2.05, 4.69) is 46.2 Å². The fraction of sp³-hybridized carbons (Fsp3) is 0.536. The fourth-order valence-corrected chi connectivity index (χ4v) is 5.83. The van der Waals surface area contributed by atoms with Crippen LogP contribution in [0.3, 0.4) is 0 Å². The number of aromatic amines is 1. The highest BCUT2D eigenvalue weighted by molar-refractivity contribution is 6.05. The van der Waals surface area contributed by atoms with Crippen LogP contribution in [0.1, 0.15) is 65.3 Å². The molecule has 8 nitrogen and oxygen atoms in total. The minimum Gasteiger partial charge on any atom is -0.368 e. The Balaban J connectivity index is 1.68. The molecule has 1 saturated carbocycles. The molecule has 194 valence electrons.